The minimum atomic E-state index is 0.00329. The zero-order valence-corrected chi connectivity index (χ0v) is 11.6. The predicted molar refractivity (Wildman–Crippen MR) is 73.7 cm³/mol. The number of rotatable bonds is 4. The molecule has 0 fully saturated rings. The van der Waals surface area contributed by atoms with Crippen LogP contribution < -0.4 is 0 Å². The van der Waals surface area contributed by atoms with Crippen molar-refractivity contribution in [2.24, 2.45) is 0 Å². The molecule has 0 saturated heterocycles. The standard InChI is InChI=1S/C14H17ClN2O/c1-4-18-11(3)17-9-16-14(10(17)2)12-5-7-13(15)8-6-12/h5-9,11H,4H2,1-3H3. The summed E-state index contributed by atoms with van der Waals surface area (Å²) in [7, 11) is 0. The number of hydrogen-bond donors (Lipinski definition) is 0. The summed E-state index contributed by atoms with van der Waals surface area (Å²) in [5.74, 6) is 0. The Kier molecular flexibility index (Phi) is 4.04. The first kappa shape index (κ1) is 13.1. The summed E-state index contributed by atoms with van der Waals surface area (Å²) in [5.41, 5.74) is 3.14. The second-order valence-corrected chi connectivity index (χ2v) is 4.58. The summed E-state index contributed by atoms with van der Waals surface area (Å²) in [4.78, 5) is 4.46. The van der Waals surface area contributed by atoms with Crippen molar-refractivity contribution in [3.8, 4) is 11.3 Å². The first-order chi connectivity index (χ1) is 8.63. The summed E-state index contributed by atoms with van der Waals surface area (Å²) in [6, 6.07) is 7.71. The third-order valence-corrected chi connectivity index (χ3v) is 3.21. The lowest BCUT2D eigenvalue weighted by molar-refractivity contribution is 0.0235. The number of ether oxygens (including phenoxy) is 1. The van der Waals surface area contributed by atoms with Crippen molar-refractivity contribution in [2.45, 2.75) is 27.0 Å². The van der Waals surface area contributed by atoms with Gasteiger partial charge in [0.1, 0.15) is 6.23 Å². The van der Waals surface area contributed by atoms with E-state index in [1.807, 2.05) is 55.9 Å². The Morgan fingerprint density at radius 2 is 2.00 bits per heavy atom. The molecule has 3 nitrogen and oxygen atoms in total. The van der Waals surface area contributed by atoms with Crippen LogP contribution in [0, 0.1) is 6.92 Å². The zero-order valence-electron chi connectivity index (χ0n) is 10.9. The van der Waals surface area contributed by atoms with Gasteiger partial charge < -0.3 is 9.30 Å². The molecule has 2 rings (SSSR count). The van der Waals surface area contributed by atoms with E-state index in [1.165, 1.54) is 0 Å². The van der Waals surface area contributed by atoms with Crippen molar-refractivity contribution < 1.29 is 4.74 Å². The average Bonchev–Trinajstić information content (AvgIpc) is 2.73. The molecule has 1 heterocycles. The van der Waals surface area contributed by atoms with E-state index in [1.54, 1.807) is 0 Å². The molecule has 0 aliphatic carbocycles. The van der Waals surface area contributed by atoms with E-state index >= 15 is 0 Å². The maximum absolute atomic E-state index is 5.89. The Morgan fingerprint density at radius 3 is 2.61 bits per heavy atom. The molecule has 0 aliphatic heterocycles. The SMILES string of the molecule is CCOC(C)n1cnc(-c2ccc(Cl)cc2)c1C. The van der Waals surface area contributed by atoms with Crippen LogP contribution in [0.2, 0.25) is 5.02 Å². The molecule has 1 aromatic heterocycles. The minimum Gasteiger partial charge on any atom is -0.359 e. The van der Waals surface area contributed by atoms with Crippen molar-refractivity contribution in [3.63, 3.8) is 0 Å². The number of hydrogen-bond acceptors (Lipinski definition) is 2. The summed E-state index contributed by atoms with van der Waals surface area (Å²) in [6.45, 7) is 6.74. The Labute approximate surface area is 112 Å². The molecule has 0 amide bonds. The van der Waals surface area contributed by atoms with Gasteiger partial charge in [0.25, 0.3) is 0 Å². The Bertz CT molecular complexity index is 519. The summed E-state index contributed by atoms with van der Waals surface area (Å²) < 4.78 is 7.61. The molecule has 1 unspecified atom stereocenters. The maximum Gasteiger partial charge on any atom is 0.132 e. The van der Waals surface area contributed by atoms with Gasteiger partial charge in [0.2, 0.25) is 0 Å². The van der Waals surface area contributed by atoms with Crippen LogP contribution >= 0.6 is 11.6 Å². The van der Waals surface area contributed by atoms with Gasteiger partial charge in [0, 0.05) is 22.9 Å². The van der Waals surface area contributed by atoms with Crippen molar-refractivity contribution >= 4 is 11.6 Å². The van der Waals surface area contributed by atoms with Gasteiger partial charge in [-0.15, -0.1) is 0 Å². The smallest absolute Gasteiger partial charge is 0.132 e. The van der Waals surface area contributed by atoms with Crippen LogP contribution in [0.25, 0.3) is 11.3 Å². The molecule has 0 aliphatic rings. The lowest BCUT2D eigenvalue weighted by Crippen LogP contribution is -2.09. The zero-order chi connectivity index (χ0) is 13.1. The molecule has 0 saturated carbocycles. The topological polar surface area (TPSA) is 27.1 Å². The molecule has 0 spiro atoms. The summed E-state index contributed by atoms with van der Waals surface area (Å²) >= 11 is 5.89. The Hall–Kier alpha value is -1.32. The highest BCUT2D eigenvalue weighted by Crippen LogP contribution is 2.25. The lowest BCUT2D eigenvalue weighted by Gasteiger charge is -2.15. The van der Waals surface area contributed by atoms with Crippen LogP contribution in [0.4, 0.5) is 0 Å². The van der Waals surface area contributed by atoms with Gasteiger partial charge in [-0.25, -0.2) is 4.98 Å². The molecule has 1 atom stereocenters. The summed E-state index contributed by atoms with van der Waals surface area (Å²) in [6.07, 6.45) is 1.82. The van der Waals surface area contributed by atoms with E-state index < -0.39 is 0 Å². The van der Waals surface area contributed by atoms with Gasteiger partial charge in [0.05, 0.1) is 12.0 Å². The van der Waals surface area contributed by atoms with Crippen LogP contribution in [0.15, 0.2) is 30.6 Å². The van der Waals surface area contributed by atoms with Crippen LogP contribution in [0.1, 0.15) is 25.8 Å². The van der Waals surface area contributed by atoms with E-state index in [9.17, 15) is 0 Å². The van der Waals surface area contributed by atoms with E-state index in [4.69, 9.17) is 16.3 Å². The quantitative estimate of drug-likeness (QED) is 0.832. The summed E-state index contributed by atoms with van der Waals surface area (Å²) in [5, 5.41) is 0.735. The van der Waals surface area contributed by atoms with Crippen molar-refractivity contribution in [2.75, 3.05) is 6.61 Å². The number of nitrogens with zero attached hydrogens (tertiary/aromatic N) is 2. The monoisotopic (exact) mass is 264 g/mol. The maximum atomic E-state index is 5.89. The highest BCUT2D eigenvalue weighted by Gasteiger charge is 2.12. The fraction of sp³-hybridized carbons (Fsp3) is 0.357. The Balaban J connectivity index is 2.33. The third-order valence-electron chi connectivity index (χ3n) is 2.96. The van der Waals surface area contributed by atoms with Crippen LogP contribution in [0.5, 0.6) is 0 Å². The molecule has 96 valence electrons. The second kappa shape index (κ2) is 5.55. The van der Waals surface area contributed by atoms with E-state index in [0.717, 1.165) is 22.0 Å². The molecular weight excluding hydrogens is 248 g/mol. The largest absolute Gasteiger partial charge is 0.359 e. The number of benzene rings is 1. The number of imidazole rings is 1. The van der Waals surface area contributed by atoms with Gasteiger partial charge in [-0.3, -0.25) is 0 Å². The van der Waals surface area contributed by atoms with Gasteiger partial charge >= 0.3 is 0 Å². The van der Waals surface area contributed by atoms with Crippen LogP contribution in [-0.2, 0) is 4.74 Å². The van der Waals surface area contributed by atoms with Crippen LogP contribution in [0.3, 0.4) is 0 Å². The predicted octanol–water partition coefficient (Wildman–Crippen LogP) is 4.07. The van der Waals surface area contributed by atoms with Gasteiger partial charge in [-0.1, -0.05) is 23.7 Å². The molecule has 4 heteroatoms. The van der Waals surface area contributed by atoms with Crippen molar-refractivity contribution in [3.05, 3.63) is 41.3 Å². The fourth-order valence-corrected chi connectivity index (χ4v) is 2.13. The van der Waals surface area contributed by atoms with Gasteiger partial charge in [0.15, 0.2) is 0 Å². The van der Waals surface area contributed by atoms with E-state index in [2.05, 4.69) is 4.98 Å². The minimum absolute atomic E-state index is 0.00329. The lowest BCUT2D eigenvalue weighted by atomic mass is 10.1. The fourth-order valence-electron chi connectivity index (χ4n) is 2.00. The molecule has 2 aromatic rings. The van der Waals surface area contributed by atoms with E-state index in [0.29, 0.717) is 6.61 Å². The van der Waals surface area contributed by atoms with Gasteiger partial charge in [-0.05, 0) is 32.9 Å². The number of halogens is 1. The van der Waals surface area contributed by atoms with Crippen LogP contribution in [-0.4, -0.2) is 16.2 Å². The van der Waals surface area contributed by atoms with Gasteiger partial charge in [-0.2, -0.15) is 0 Å². The van der Waals surface area contributed by atoms with E-state index in [-0.39, 0.29) is 6.23 Å². The molecule has 1 aromatic carbocycles. The average molecular weight is 265 g/mol. The third kappa shape index (κ3) is 2.57. The Morgan fingerprint density at radius 1 is 1.33 bits per heavy atom. The highest BCUT2D eigenvalue weighted by atomic mass is 35.5. The first-order valence-electron chi connectivity index (χ1n) is 6.04. The highest BCUT2D eigenvalue weighted by molar-refractivity contribution is 6.30. The molecule has 0 N–H and O–H groups in total. The number of aromatic nitrogens is 2. The molecule has 18 heavy (non-hydrogen) atoms. The first-order valence-corrected chi connectivity index (χ1v) is 6.42. The molecule has 0 radical (unpaired) electrons. The molecular formula is C14H17ClN2O. The van der Waals surface area contributed by atoms with Crippen molar-refractivity contribution in [1.29, 1.82) is 0 Å². The normalized spacial score (nSPS) is 12.7. The van der Waals surface area contributed by atoms with Crippen molar-refractivity contribution in [1.82, 2.24) is 9.55 Å². The second-order valence-electron chi connectivity index (χ2n) is 4.15. The molecule has 0 bridgehead atoms.